The van der Waals surface area contributed by atoms with Crippen molar-refractivity contribution in [1.29, 1.82) is 0 Å². The molecule has 0 radical (unpaired) electrons. The van der Waals surface area contributed by atoms with Gasteiger partial charge >= 0.3 is 5.97 Å². The van der Waals surface area contributed by atoms with Gasteiger partial charge in [-0.25, -0.2) is 0 Å². The molecule has 1 amide bonds. The van der Waals surface area contributed by atoms with Gasteiger partial charge in [0.25, 0.3) is 5.91 Å². The van der Waals surface area contributed by atoms with E-state index >= 15 is 0 Å². The zero-order valence-corrected chi connectivity index (χ0v) is 21.6. The van der Waals surface area contributed by atoms with Crippen LogP contribution in [-0.2, 0) is 11.2 Å². The number of para-hydroxylation sites is 1. The average Bonchev–Trinajstić information content (AvgIpc) is 2.94. The summed E-state index contributed by atoms with van der Waals surface area (Å²) in [7, 11) is 0. The zero-order chi connectivity index (χ0) is 27.8. The smallest absolute Gasteiger partial charge is 0.322 e. The van der Waals surface area contributed by atoms with Gasteiger partial charge in [0.05, 0.1) is 23.8 Å². The van der Waals surface area contributed by atoms with Crippen molar-refractivity contribution in [2.24, 2.45) is 0 Å². The standard InChI is InChI=1S/C29H28ClN3O6/c30-20-4-1-3-19(14-20)25(35)15-32-21(17-34)13-18-7-9-22(10-8-18)39-26-11-12-31-28-23(26)5-2-6-24(28)29(38)33-16-27(36)37/h1-12,14,21,25,32,34-35H,13,15-17H2,(H,33,38)(H,36,37)/t21-,25-/m0/s1. The summed E-state index contributed by atoms with van der Waals surface area (Å²) in [6, 6.07) is 20.9. The lowest BCUT2D eigenvalue weighted by Gasteiger charge is -2.19. The number of halogens is 1. The van der Waals surface area contributed by atoms with Crippen LogP contribution in [0.4, 0.5) is 0 Å². The van der Waals surface area contributed by atoms with E-state index in [0.29, 0.717) is 39.4 Å². The number of hydrogen-bond donors (Lipinski definition) is 5. The number of pyridine rings is 1. The van der Waals surface area contributed by atoms with Crippen LogP contribution in [-0.4, -0.2) is 57.9 Å². The fraction of sp³-hybridized carbons (Fsp3) is 0.207. The lowest BCUT2D eigenvalue weighted by atomic mass is 10.0. The quantitative estimate of drug-likeness (QED) is 0.180. The Hall–Kier alpha value is -4.02. The van der Waals surface area contributed by atoms with Crippen molar-refractivity contribution in [3.8, 4) is 11.5 Å². The van der Waals surface area contributed by atoms with Crippen LogP contribution in [0.1, 0.15) is 27.6 Å². The summed E-state index contributed by atoms with van der Waals surface area (Å²) in [5.41, 5.74) is 2.30. The Labute approximate surface area is 230 Å². The van der Waals surface area contributed by atoms with Gasteiger partial charge in [-0.15, -0.1) is 0 Å². The number of aliphatic hydroxyl groups is 2. The number of rotatable bonds is 12. The van der Waals surface area contributed by atoms with Crippen LogP contribution in [0.3, 0.4) is 0 Å². The summed E-state index contributed by atoms with van der Waals surface area (Å²) >= 11 is 6.00. The lowest BCUT2D eigenvalue weighted by molar-refractivity contribution is -0.135. The Morgan fingerprint density at radius 1 is 1.03 bits per heavy atom. The molecular weight excluding hydrogens is 522 g/mol. The Morgan fingerprint density at radius 3 is 2.51 bits per heavy atom. The molecule has 0 aliphatic heterocycles. The number of amides is 1. The van der Waals surface area contributed by atoms with Gasteiger partial charge in [0.15, 0.2) is 0 Å². The first kappa shape index (κ1) is 28.0. The number of nitrogens with zero attached hydrogens (tertiary/aromatic N) is 1. The maximum absolute atomic E-state index is 12.5. The third kappa shape index (κ3) is 7.52. The second-order valence-corrected chi connectivity index (χ2v) is 9.33. The highest BCUT2D eigenvalue weighted by molar-refractivity contribution is 6.30. The molecule has 5 N–H and O–H groups in total. The van der Waals surface area contributed by atoms with E-state index in [0.717, 1.165) is 5.56 Å². The Morgan fingerprint density at radius 2 is 1.79 bits per heavy atom. The van der Waals surface area contributed by atoms with E-state index in [1.807, 2.05) is 12.1 Å². The Balaban J connectivity index is 1.40. The van der Waals surface area contributed by atoms with Crippen molar-refractivity contribution in [2.75, 3.05) is 19.7 Å². The molecule has 9 nitrogen and oxygen atoms in total. The molecule has 4 aromatic rings. The fourth-order valence-corrected chi connectivity index (χ4v) is 4.29. The van der Waals surface area contributed by atoms with E-state index in [2.05, 4.69) is 15.6 Å². The number of carbonyl (C=O) groups excluding carboxylic acids is 1. The van der Waals surface area contributed by atoms with Gasteiger partial charge in [-0.3, -0.25) is 14.6 Å². The van der Waals surface area contributed by atoms with Crippen LogP contribution in [0.5, 0.6) is 11.5 Å². The summed E-state index contributed by atoms with van der Waals surface area (Å²) in [5, 5.41) is 35.8. The van der Waals surface area contributed by atoms with E-state index in [-0.39, 0.29) is 24.8 Å². The molecule has 2 atom stereocenters. The molecule has 202 valence electrons. The number of hydrogen-bond acceptors (Lipinski definition) is 7. The number of benzene rings is 3. The van der Waals surface area contributed by atoms with Crippen LogP contribution in [0.15, 0.2) is 79.0 Å². The van der Waals surface area contributed by atoms with Crippen LogP contribution >= 0.6 is 11.6 Å². The van der Waals surface area contributed by atoms with Crippen molar-refractivity contribution < 1.29 is 29.6 Å². The molecule has 0 fully saturated rings. The van der Waals surface area contributed by atoms with E-state index in [9.17, 15) is 19.8 Å². The van der Waals surface area contributed by atoms with E-state index in [4.69, 9.17) is 21.4 Å². The first-order chi connectivity index (χ1) is 18.8. The number of carbonyl (C=O) groups is 2. The largest absolute Gasteiger partial charge is 0.480 e. The Kier molecular flexibility index (Phi) is 9.45. The molecule has 3 aromatic carbocycles. The predicted molar refractivity (Wildman–Crippen MR) is 147 cm³/mol. The van der Waals surface area contributed by atoms with Crippen molar-refractivity contribution in [3.63, 3.8) is 0 Å². The fourth-order valence-electron chi connectivity index (χ4n) is 4.09. The molecule has 1 heterocycles. The van der Waals surface area contributed by atoms with E-state index in [1.54, 1.807) is 60.7 Å². The van der Waals surface area contributed by atoms with Crippen LogP contribution < -0.4 is 15.4 Å². The van der Waals surface area contributed by atoms with Gasteiger partial charge in [0.2, 0.25) is 0 Å². The normalized spacial score (nSPS) is 12.6. The molecule has 0 aliphatic rings. The minimum absolute atomic E-state index is 0.105. The summed E-state index contributed by atoms with van der Waals surface area (Å²) in [6.45, 7) is -0.336. The molecule has 0 saturated heterocycles. The molecule has 1 aromatic heterocycles. The third-order valence-corrected chi connectivity index (χ3v) is 6.30. The minimum atomic E-state index is -1.14. The van der Waals surface area contributed by atoms with Gasteiger partial charge in [-0.05, 0) is 60.0 Å². The van der Waals surface area contributed by atoms with Gasteiger partial charge in [0.1, 0.15) is 18.0 Å². The van der Waals surface area contributed by atoms with E-state index < -0.39 is 24.5 Å². The summed E-state index contributed by atoms with van der Waals surface area (Å²) in [6.07, 6.45) is 1.30. The number of aliphatic hydroxyl groups excluding tert-OH is 2. The number of aromatic nitrogens is 1. The maximum Gasteiger partial charge on any atom is 0.322 e. The van der Waals surface area contributed by atoms with Gasteiger partial charge in [0, 0.05) is 29.2 Å². The van der Waals surface area contributed by atoms with Crippen LogP contribution in [0.25, 0.3) is 10.9 Å². The zero-order valence-electron chi connectivity index (χ0n) is 20.9. The van der Waals surface area contributed by atoms with E-state index in [1.165, 1.54) is 6.20 Å². The number of fused-ring (bicyclic) bond motifs is 1. The Bertz CT molecular complexity index is 1450. The summed E-state index contributed by atoms with van der Waals surface area (Å²) in [4.78, 5) is 27.6. The first-order valence-electron chi connectivity index (χ1n) is 12.3. The molecule has 4 rings (SSSR count). The van der Waals surface area contributed by atoms with Gasteiger partial charge in [-0.1, -0.05) is 41.9 Å². The second kappa shape index (κ2) is 13.2. The molecule has 0 spiro atoms. The molecule has 0 bridgehead atoms. The van der Waals surface area contributed by atoms with Crippen molar-refractivity contribution in [3.05, 3.63) is 101 Å². The maximum atomic E-state index is 12.5. The number of carboxylic acid groups (broad SMARTS) is 1. The van der Waals surface area contributed by atoms with Crippen molar-refractivity contribution in [1.82, 2.24) is 15.6 Å². The predicted octanol–water partition coefficient (Wildman–Crippen LogP) is 3.72. The van der Waals surface area contributed by atoms with Gasteiger partial charge in [-0.2, -0.15) is 0 Å². The molecular formula is C29H28ClN3O6. The second-order valence-electron chi connectivity index (χ2n) is 8.90. The highest BCUT2D eigenvalue weighted by atomic mass is 35.5. The van der Waals surface area contributed by atoms with Crippen LogP contribution in [0.2, 0.25) is 5.02 Å². The number of carboxylic acids is 1. The van der Waals surface area contributed by atoms with Gasteiger partial charge < -0.3 is 30.7 Å². The van der Waals surface area contributed by atoms with Crippen molar-refractivity contribution in [2.45, 2.75) is 18.6 Å². The highest BCUT2D eigenvalue weighted by Gasteiger charge is 2.16. The molecule has 0 unspecified atom stereocenters. The number of aliphatic carboxylic acids is 1. The molecule has 0 aliphatic carbocycles. The molecule has 39 heavy (non-hydrogen) atoms. The first-order valence-corrected chi connectivity index (χ1v) is 12.6. The third-order valence-electron chi connectivity index (χ3n) is 6.06. The summed E-state index contributed by atoms with van der Waals surface area (Å²) in [5.74, 6) is -0.619. The monoisotopic (exact) mass is 549 g/mol. The summed E-state index contributed by atoms with van der Waals surface area (Å²) < 4.78 is 6.07. The molecule has 10 heteroatoms. The number of ether oxygens (including phenoxy) is 1. The SMILES string of the molecule is O=C(O)CNC(=O)c1cccc2c(Oc3ccc(C[C@@H](CO)NC[C@H](O)c4cccc(Cl)c4)cc3)ccnc12. The number of nitrogens with one attached hydrogen (secondary N) is 2. The lowest BCUT2D eigenvalue weighted by Crippen LogP contribution is -2.37. The van der Waals surface area contributed by atoms with Crippen molar-refractivity contribution >= 4 is 34.4 Å². The topological polar surface area (TPSA) is 141 Å². The van der Waals surface area contributed by atoms with Crippen LogP contribution in [0, 0.1) is 0 Å². The molecule has 0 saturated carbocycles. The average molecular weight is 550 g/mol. The highest BCUT2D eigenvalue weighted by Crippen LogP contribution is 2.30. The minimum Gasteiger partial charge on any atom is -0.480 e.